The zero-order valence-electron chi connectivity index (χ0n) is 16.1. The van der Waals surface area contributed by atoms with Crippen molar-refractivity contribution in [1.29, 1.82) is 0 Å². The summed E-state index contributed by atoms with van der Waals surface area (Å²) in [6, 6.07) is 0. The number of rotatable bonds is 11. The fourth-order valence-corrected chi connectivity index (χ4v) is 2.69. The van der Waals surface area contributed by atoms with E-state index in [0.29, 0.717) is 24.7 Å². The summed E-state index contributed by atoms with van der Waals surface area (Å²) in [5, 5.41) is 3.37. The minimum Gasteiger partial charge on any atom is -0.378 e. The first-order chi connectivity index (χ1) is 10.9. The smallest absolute Gasteiger partial charge is 0.0701 e. The van der Waals surface area contributed by atoms with Crippen LogP contribution in [0, 0.1) is 5.92 Å². The van der Waals surface area contributed by atoms with Gasteiger partial charge in [-0.15, -0.1) is 0 Å². The van der Waals surface area contributed by atoms with E-state index in [4.69, 9.17) is 9.47 Å². The number of hydrogen-bond acceptors (Lipinski definition) is 5. The molecule has 0 spiro atoms. The highest BCUT2D eigenvalue weighted by molar-refractivity contribution is 4.81. The van der Waals surface area contributed by atoms with E-state index in [0.717, 1.165) is 59.0 Å². The van der Waals surface area contributed by atoms with Crippen LogP contribution >= 0.6 is 0 Å². The SMILES string of the molecule is CC(C)CNCCOCCOCCN1CCN(C(C)(C)C)CC1. The molecule has 1 aliphatic heterocycles. The molecule has 1 N–H and O–H groups in total. The monoisotopic (exact) mass is 329 g/mol. The maximum absolute atomic E-state index is 5.67. The molecule has 0 amide bonds. The molecule has 1 saturated heterocycles. The van der Waals surface area contributed by atoms with E-state index in [2.05, 4.69) is 49.7 Å². The van der Waals surface area contributed by atoms with Gasteiger partial charge in [0.25, 0.3) is 0 Å². The van der Waals surface area contributed by atoms with Crippen LogP contribution in [0.5, 0.6) is 0 Å². The minimum atomic E-state index is 0.296. The van der Waals surface area contributed by atoms with Crippen LogP contribution in [0.3, 0.4) is 0 Å². The average molecular weight is 330 g/mol. The molecule has 1 heterocycles. The topological polar surface area (TPSA) is 37.0 Å². The van der Waals surface area contributed by atoms with E-state index in [-0.39, 0.29) is 0 Å². The van der Waals surface area contributed by atoms with E-state index >= 15 is 0 Å². The maximum atomic E-state index is 5.67. The molecule has 1 rings (SSSR count). The van der Waals surface area contributed by atoms with Gasteiger partial charge in [-0.25, -0.2) is 0 Å². The van der Waals surface area contributed by atoms with Gasteiger partial charge in [0.15, 0.2) is 0 Å². The van der Waals surface area contributed by atoms with Crippen LogP contribution < -0.4 is 5.32 Å². The zero-order valence-corrected chi connectivity index (χ0v) is 16.1. The first kappa shape index (κ1) is 20.8. The van der Waals surface area contributed by atoms with Crippen LogP contribution in [0.4, 0.5) is 0 Å². The Kier molecular flexibility index (Phi) is 10.3. The van der Waals surface area contributed by atoms with Gasteiger partial charge in [0.2, 0.25) is 0 Å². The Morgan fingerprint density at radius 2 is 1.52 bits per heavy atom. The van der Waals surface area contributed by atoms with Crippen LogP contribution in [-0.2, 0) is 9.47 Å². The third-order valence-corrected chi connectivity index (χ3v) is 4.22. The lowest BCUT2D eigenvalue weighted by atomic mass is 10.1. The Hall–Kier alpha value is -0.200. The number of nitrogens with one attached hydrogen (secondary N) is 1. The second-order valence-corrected chi connectivity index (χ2v) is 7.82. The van der Waals surface area contributed by atoms with Gasteiger partial charge in [-0.05, 0) is 33.2 Å². The maximum Gasteiger partial charge on any atom is 0.0701 e. The van der Waals surface area contributed by atoms with E-state index in [1.807, 2.05) is 0 Å². The molecule has 0 radical (unpaired) electrons. The van der Waals surface area contributed by atoms with Gasteiger partial charge in [-0.1, -0.05) is 13.8 Å². The summed E-state index contributed by atoms with van der Waals surface area (Å²) in [4.78, 5) is 5.06. The third-order valence-electron chi connectivity index (χ3n) is 4.22. The number of hydrogen-bond donors (Lipinski definition) is 1. The summed E-state index contributed by atoms with van der Waals surface area (Å²) in [6.45, 7) is 21.9. The highest BCUT2D eigenvalue weighted by atomic mass is 16.5. The summed E-state index contributed by atoms with van der Waals surface area (Å²) in [5.74, 6) is 0.698. The Morgan fingerprint density at radius 1 is 0.913 bits per heavy atom. The van der Waals surface area contributed by atoms with E-state index in [1.54, 1.807) is 0 Å². The Labute approximate surface area is 143 Å². The predicted molar refractivity (Wildman–Crippen MR) is 97.1 cm³/mol. The second-order valence-electron chi connectivity index (χ2n) is 7.82. The largest absolute Gasteiger partial charge is 0.378 e. The third kappa shape index (κ3) is 10.3. The molecule has 1 aliphatic rings. The predicted octanol–water partition coefficient (Wildman–Crippen LogP) is 1.68. The standard InChI is InChI=1S/C18H39N3O2/c1-17(2)16-19-6-12-22-14-15-23-13-11-20-7-9-21(10-8-20)18(3,4)5/h17,19H,6-16H2,1-5H3. The average Bonchev–Trinajstić information content (AvgIpc) is 2.48. The fourth-order valence-electron chi connectivity index (χ4n) is 2.69. The quantitative estimate of drug-likeness (QED) is 0.584. The molecule has 138 valence electrons. The van der Waals surface area contributed by atoms with Crippen molar-refractivity contribution in [2.45, 2.75) is 40.2 Å². The van der Waals surface area contributed by atoms with Crippen molar-refractivity contribution in [3.05, 3.63) is 0 Å². The van der Waals surface area contributed by atoms with Crippen LogP contribution in [0.25, 0.3) is 0 Å². The molecule has 0 aliphatic carbocycles. The molecule has 0 bridgehead atoms. The lowest BCUT2D eigenvalue weighted by molar-refractivity contribution is 0.0216. The normalized spacial score (nSPS) is 18.0. The first-order valence-corrected chi connectivity index (χ1v) is 9.23. The van der Waals surface area contributed by atoms with Gasteiger partial charge >= 0.3 is 0 Å². The Balaban J connectivity index is 1.87. The van der Waals surface area contributed by atoms with Crippen molar-refractivity contribution < 1.29 is 9.47 Å². The van der Waals surface area contributed by atoms with Gasteiger partial charge in [0.1, 0.15) is 0 Å². The van der Waals surface area contributed by atoms with Crippen molar-refractivity contribution >= 4 is 0 Å². The molecule has 5 heteroatoms. The molecular formula is C18H39N3O2. The van der Waals surface area contributed by atoms with Gasteiger partial charge < -0.3 is 14.8 Å². The van der Waals surface area contributed by atoms with Crippen molar-refractivity contribution in [2.24, 2.45) is 5.92 Å². The molecule has 0 atom stereocenters. The van der Waals surface area contributed by atoms with Crippen LogP contribution in [0.15, 0.2) is 0 Å². The van der Waals surface area contributed by atoms with Crippen LogP contribution in [0.2, 0.25) is 0 Å². The van der Waals surface area contributed by atoms with E-state index in [9.17, 15) is 0 Å². The van der Waals surface area contributed by atoms with Gasteiger partial charge in [0, 0.05) is 44.8 Å². The summed E-state index contributed by atoms with van der Waals surface area (Å²) >= 11 is 0. The van der Waals surface area contributed by atoms with Crippen molar-refractivity contribution in [1.82, 2.24) is 15.1 Å². The molecule has 1 fully saturated rings. The van der Waals surface area contributed by atoms with Crippen molar-refractivity contribution in [3.63, 3.8) is 0 Å². The highest BCUT2D eigenvalue weighted by Gasteiger charge is 2.25. The summed E-state index contributed by atoms with van der Waals surface area (Å²) in [5.41, 5.74) is 0.296. The molecule has 5 nitrogen and oxygen atoms in total. The van der Waals surface area contributed by atoms with Crippen molar-refractivity contribution in [2.75, 3.05) is 72.2 Å². The molecule has 0 aromatic heterocycles. The van der Waals surface area contributed by atoms with Gasteiger partial charge in [-0.3, -0.25) is 9.80 Å². The summed E-state index contributed by atoms with van der Waals surface area (Å²) < 4.78 is 11.2. The van der Waals surface area contributed by atoms with E-state index < -0.39 is 0 Å². The summed E-state index contributed by atoms with van der Waals surface area (Å²) in [6.07, 6.45) is 0. The zero-order chi connectivity index (χ0) is 17.1. The number of ether oxygens (including phenoxy) is 2. The Bertz CT molecular complexity index is 284. The molecule has 0 aromatic rings. The van der Waals surface area contributed by atoms with Crippen LogP contribution in [0.1, 0.15) is 34.6 Å². The lowest BCUT2D eigenvalue weighted by Crippen LogP contribution is -2.53. The highest BCUT2D eigenvalue weighted by Crippen LogP contribution is 2.15. The molecule has 0 unspecified atom stereocenters. The van der Waals surface area contributed by atoms with Gasteiger partial charge in [0.05, 0.1) is 26.4 Å². The first-order valence-electron chi connectivity index (χ1n) is 9.23. The second kappa shape index (κ2) is 11.4. The van der Waals surface area contributed by atoms with Gasteiger partial charge in [-0.2, -0.15) is 0 Å². The molecule has 0 aromatic carbocycles. The van der Waals surface area contributed by atoms with E-state index in [1.165, 1.54) is 0 Å². The minimum absolute atomic E-state index is 0.296. The molecule has 0 saturated carbocycles. The van der Waals surface area contributed by atoms with Crippen molar-refractivity contribution in [3.8, 4) is 0 Å². The molecule has 23 heavy (non-hydrogen) atoms. The number of piperazine rings is 1. The Morgan fingerprint density at radius 3 is 2.09 bits per heavy atom. The molecular weight excluding hydrogens is 290 g/mol. The lowest BCUT2D eigenvalue weighted by Gasteiger charge is -2.42. The van der Waals surface area contributed by atoms with Crippen LogP contribution in [-0.4, -0.2) is 87.6 Å². The summed E-state index contributed by atoms with van der Waals surface area (Å²) in [7, 11) is 0. The fraction of sp³-hybridized carbons (Fsp3) is 1.00. The number of nitrogens with zero attached hydrogens (tertiary/aromatic N) is 2.